The van der Waals surface area contributed by atoms with Gasteiger partial charge < -0.3 is 9.88 Å². The van der Waals surface area contributed by atoms with Gasteiger partial charge in [0.05, 0.1) is 4.92 Å². The number of nitrogens with one attached hydrogen (secondary N) is 2. The number of hydrogen-bond acceptors (Lipinski definition) is 5. The number of aromatic nitrogens is 1. The third-order valence-corrected chi connectivity index (χ3v) is 5.56. The number of aromatic amines is 1. The predicted octanol–water partition coefficient (Wildman–Crippen LogP) is 1.64. The second-order valence-electron chi connectivity index (χ2n) is 6.00. The molecule has 9 nitrogen and oxygen atoms in total. The molecule has 0 radical (unpaired) electrons. The molecule has 0 unspecified atom stereocenters. The normalized spacial score (nSPS) is 14.5. The lowest BCUT2D eigenvalue weighted by Gasteiger charge is -2.13. The Morgan fingerprint density at radius 2 is 2.00 bits per heavy atom. The second-order valence-corrected chi connectivity index (χ2v) is 7.77. The number of likely N-dealkylation sites (tertiary alicyclic amines) is 1. The third kappa shape index (κ3) is 3.92. The van der Waals surface area contributed by atoms with Gasteiger partial charge in [-0.25, -0.2) is 13.1 Å². The van der Waals surface area contributed by atoms with E-state index in [2.05, 4.69) is 9.71 Å². The molecule has 0 atom stereocenters. The summed E-state index contributed by atoms with van der Waals surface area (Å²) >= 11 is 0. The summed E-state index contributed by atoms with van der Waals surface area (Å²) < 4.78 is 27.2. The highest BCUT2D eigenvalue weighted by molar-refractivity contribution is 7.89. The van der Waals surface area contributed by atoms with E-state index < -0.39 is 14.9 Å². The number of carbonyl (C=O) groups excluding carboxylic acids is 1. The van der Waals surface area contributed by atoms with Gasteiger partial charge in [0.1, 0.15) is 10.6 Å². The van der Waals surface area contributed by atoms with Gasteiger partial charge in [0, 0.05) is 38.0 Å². The van der Waals surface area contributed by atoms with Crippen LogP contribution in [0.5, 0.6) is 0 Å². The van der Waals surface area contributed by atoms with Crippen LogP contribution < -0.4 is 4.72 Å². The van der Waals surface area contributed by atoms with E-state index in [0.29, 0.717) is 18.7 Å². The summed E-state index contributed by atoms with van der Waals surface area (Å²) in [7, 11) is -3.85. The first-order valence-corrected chi connectivity index (χ1v) is 9.56. The average molecular weight is 378 g/mol. The van der Waals surface area contributed by atoms with Crippen LogP contribution in [0.15, 0.2) is 41.4 Å². The van der Waals surface area contributed by atoms with Crippen LogP contribution in [-0.4, -0.2) is 42.2 Å². The van der Waals surface area contributed by atoms with Crippen LogP contribution >= 0.6 is 0 Å². The molecule has 0 spiro atoms. The molecule has 2 N–H and O–H groups in total. The smallest absolute Gasteiger partial charge is 0.270 e. The minimum atomic E-state index is -3.85. The lowest BCUT2D eigenvalue weighted by Crippen LogP contribution is -2.27. The minimum Gasteiger partial charge on any atom is -0.356 e. The molecule has 1 amide bonds. The molecule has 3 rings (SSSR count). The molecule has 10 heteroatoms. The molecule has 138 valence electrons. The van der Waals surface area contributed by atoms with Gasteiger partial charge >= 0.3 is 0 Å². The van der Waals surface area contributed by atoms with E-state index in [1.165, 1.54) is 30.5 Å². The van der Waals surface area contributed by atoms with E-state index in [9.17, 15) is 23.3 Å². The maximum absolute atomic E-state index is 12.4. The largest absolute Gasteiger partial charge is 0.356 e. The fourth-order valence-electron chi connectivity index (χ4n) is 2.79. The number of non-ortho nitro benzene ring substituents is 1. The van der Waals surface area contributed by atoms with Crippen molar-refractivity contribution in [2.45, 2.75) is 24.3 Å². The van der Waals surface area contributed by atoms with Crippen molar-refractivity contribution in [3.05, 3.63) is 57.9 Å². The zero-order valence-corrected chi connectivity index (χ0v) is 14.7. The first-order chi connectivity index (χ1) is 12.4. The van der Waals surface area contributed by atoms with Crippen molar-refractivity contribution < 1.29 is 18.1 Å². The fourth-order valence-corrected chi connectivity index (χ4v) is 3.80. The number of rotatable bonds is 6. The summed E-state index contributed by atoms with van der Waals surface area (Å²) in [4.78, 5) is 26.9. The van der Waals surface area contributed by atoms with E-state index in [1.54, 1.807) is 11.0 Å². The van der Waals surface area contributed by atoms with Crippen molar-refractivity contribution in [2.75, 3.05) is 13.1 Å². The van der Waals surface area contributed by atoms with Gasteiger partial charge in [0.2, 0.25) is 10.0 Å². The van der Waals surface area contributed by atoms with Gasteiger partial charge in [-0.15, -0.1) is 0 Å². The summed E-state index contributed by atoms with van der Waals surface area (Å²) in [6.45, 7) is 1.25. The van der Waals surface area contributed by atoms with Gasteiger partial charge in [-0.3, -0.25) is 14.9 Å². The molecular weight excluding hydrogens is 360 g/mol. The summed E-state index contributed by atoms with van der Waals surface area (Å²) in [6.07, 6.45) is 3.16. The quantitative estimate of drug-likeness (QED) is 0.584. The van der Waals surface area contributed by atoms with Crippen molar-refractivity contribution in [3.8, 4) is 0 Å². The lowest BCUT2D eigenvalue weighted by molar-refractivity contribution is -0.384. The molecule has 2 heterocycles. The van der Waals surface area contributed by atoms with Gasteiger partial charge in [-0.1, -0.05) is 12.1 Å². The molecule has 0 saturated carbocycles. The maximum atomic E-state index is 12.4. The van der Waals surface area contributed by atoms with E-state index in [1.807, 2.05) is 0 Å². The number of carbonyl (C=O) groups is 1. The molecule has 26 heavy (non-hydrogen) atoms. The first-order valence-electron chi connectivity index (χ1n) is 8.07. The molecule has 1 aromatic carbocycles. The number of H-pyrrole nitrogens is 1. The molecule has 0 aliphatic carbocycles. The molecular formula is C16H18N4O5S. The Bertz CT molecular complexity index is 932. The molecule has 1 aromatic heterocycles. The van der Waals surface area contributed by atoms with Crippen molar-refractivity contribution in [1.82, 2.24) is 14.6 Å². The van der Waals surface area contributed by atoms with E-state index >= 15 is 0 Å². The fraction of sp³-hybridized carbons (Fsp3) is 0.312. The number of amides is 1. The summed E-state index contributed by atoms with van der Waals surface area (Å²) in [5.41, 5.74) is 0.580. The third-order valence-electron chi connectivity index (χ3n) is 4.18. The minimum absolute atomic E-state index is 0.0505. The Morgan fingerprint density at radius 1 is 1.27 bits per heavy atom. The van der Waals surface area contributed by atoms with Crippen LogP contribution in [0.2, 0.25) is 0 Å². The van der Waals surface area contributed by atoms with Gasteiger partial charge in [0.25, 0.3) is 11.6 Å². The van der Waals surface area contributed by atoms with E-state index in [0.717, 1.165) is 12.8 Å². The highest BCUT2D eigenvalue weighted by Gasteiger charge is 2.23. The number of hydrogen-bond donors (Lipinski definition) is 2. The van der Waals surface area contributed by atoms with Crippen molar-refractivity contribution in [2.24, 2.45) is 0 Å². The topological polar surface area (TPSA) is 125 Å². The van der Waals surface area contributed by atoms with Gasteiger partial charge in [-0.05, 0) is 24.5 Å². The van der Waals surface area contributed by atoms with Crippen LogP contribution in [0.1, 0.15) is 28.9 Å². The monoisotopic (exact) mass is 378 g/mol. The second kappa shape index (κ2) is 7.26. The summed E-state index contributed by atoms with van der Waals surface area (Å²) in [5.74, 6) is -0.220. The number of sulfonamides is 1. The van der Waals surface area contributed by atoms with Gasteiger partial charge in [-0.2, -0.15) is 0 Å². The summed E-state index contributed by atoms with van der Waals surface area (Å²) in [5, 5.41) is 10.8. The Labute approximate surface area is 150 Å². The maximum Gasteiger partial charge on any atom is 0.270 e. The zero-order chi connectivity index (χ0) is 18.7. The summed E-state index contributed by atoms with van der Waals surface area (Å²) in [6, 6.07) is 7.03. The molecule has 1 aliphatic rings. The Morgan fingerprint density at radius 3 is 2.69 bits per heavy atom. The highest BCUT2D eigenvalue weighted by Crippen LogP contribution is 2.17. The standard InChI is InChI=1S/C16H18N4O5S/c21-16(19-6-1-2-7-19)15-9-14(11-17-15)26(24,25)18-10-12-4-3-5-13(8-12)20(22)23/h3-5,8-9,11,17-18H,1-2,6-7,10H2. The van der Waals surface area contributed by atoms with E-state index in [-0.39, 0.29) is 28.7 Å². The molecule has 1 saturated heterocycles. The Kier molecular flexibility index (Phi) is 5.05. The molecule has 1 fully saturated rings. The number of nitrogens with zero attached hydrogens (tertiary/aromatic N) is 2. The lowest BCUT2D eigenvalue weighted by atomic mass is 10.2. The number of nitro benzene ring substituents is 1. The average Bonchev–Trinajstić information content (AvgIpc) is 3.31. The Hall–Kier alpha value is -2.72. The van der Waals surface area contributed by atoms with Gasteiger partial charge in [0.15, 0.2) is 0 Å². The van der Waals surface area contributed by atoms with Crippen LogP contribution in [0.25, 0.3) is 0 Å². The van der Waals surface area contributed by atoms with Crippen molar-refractivity contribution in [3.63, 3.8) is 0 Å². The molecule has 2 aromatic rings. The zero-order valence-electron chi connectivity index (χ0n) is 13.8. The van der Waals surface area contributed by atoms with Crippen LogP contribution in [0.4, 0.5) is 5.69 Å². The van der Waals surface area contributed by atoms with Crippen molar-refractivity contribution >= 4 is 21.6 Å². The molecule has 1 aliphatic heterocycles. The van der Waals surface area contributed by atoms with E-state index in [4.69, 9.17) is 0 Å². The highest BCUT2D eigenvalue weighted by atomic mass is 32.2. The van der Waals surface area contributed by atoms with Crippen LogP contribution in [0, 0.1) is 10.1 Å². The Balaban J connectivity index is 1.69. The van der Waals surface area contributed by atoms with Crippen LogP contribution in [0.3, 0.4) is 0 Å². The van der Waals surface area contributed by atoms with Crippen LogP contribution in [-0.2, 0) is 16.6 Å². The van der Waals surface area contributed by atoms with Crippen molar-refractivity contribution in [1.29, 1.82) is 0 Å². The predicted molar refractivity (Wildman–Crippen MR) is 93.1 cm³/mol. The number of benzene rings is 1. The molecule has 0 bridgehead atoms. The first kappa shape index (κ1) is 18.1. The number of nitro groups is 1. The SMILES string of the molecule is O=C(c1cc(S(=O)(=O)NCc2cccc([N+](=O)[O-])c2)c[nH]1)N1CCCC1.